The summed E-state index contributed by atoms with van der Waals surface area (Å²) in [5.41, 5.74) is -0.489. The highest BCUT2D eigenvalue weighted by atomic mass is 19.4. The minimum Gasteiger partial charge on any atom is -0.358 e. The van der Waals surface area contributed by atoms with E-state index in [-0.39, 0.29) is 5.56 Å². The van der Waals surface area contributed by atoms with Crippen molar-refractivity contribution in [2.75, 3.05) is 0 Å². The van der Waals surface area contributed by atoms with Crippen LogP contribution in [0, 0.1) is 5.82 Å². The van der Waals surface area contributed by atoms with Crippen molar-refractivity contribution in [2.45, 2.75) is 6.18 Å². The third kappa shape index (κ3) is 1.57. The molecule has 1 aliphatic heterocycles. The maximum absolute atomic E-state index is 13.0. The zero-order valence-electron chi connectivity index (χ0n) is 6.82. The lowest BCUT2D eigenvalue weighted by Crippen LogP contribution is -2.06. The zero-order valence-corrected chi connectivity index (χ0v) is 6.82. The van der Waals surface area contributed by atoms with Crippen LogP contribution in [-0.4, -0.2) is 0 Å². The van der Waals surface area contributed by atoms with Gasteiger partial charge in [0.25, 0.3) is 0 Å². The van der Waals surface area contributed by atoms with Gasteiger partial charge in [-0.05, 0) is 18.2 Å². The molecule has 0 aliphatic carbocycles. The summed E-state index contributed by atoms with van der Waals surface area (Å²) in [6, 6.07) is 2.34. The number of rotatable bonds is 1. The van der Waals surface area contributed by atoms with Gasteiger partial charge in [-0.3, -0.25) is 0 Å². The summed E-state index contributed by atoms with van der Waals surface area (Å²) in [5.74, 6) is -0.658. The van der Waals surface area contributed by atoms with Gasteiger partial charge in [0.15, 0.2) is 0 Å². The predicted octanol–water partition coefficient (Wildman–Crippen LogP) is 2.75. The van der Waals surface area contributed by atoms with Crippen LogP contribution in [0.5, 0.6) is 0 Å². The van der Waals surface area contributed by atoms with Gasteiger partial charge in [-0.1, -0.05) is 0 Å². The Balaban J connectivity index is 2.46. The standard InChI is InChI=1S/C9H5F4N/c10-7-2-1-5(9(11,12)13)3-6(7)8-4-14-8/h1-4,14H. The monoisotopic (exact) mass is 203 g/mol. The normalized spacial score (nSPS) is 14.7. The molecule has 0 saturated heterocycles. The molecule has 1 aromatic rings. The van der Waals surface area contributed by atoms with Crippen LogP contribution >= 0.6 is 0 Å². The second kappa shape index (κ2) is 2.73. The molecular weight excluding hydrogens is 198 g/mol. The maximum Gasteiger partial charge on any atom is 0.416 e. The molecule has 74 valence electrons. The molecule has 0 saturated carbocycles. The lowest BCUT2D eigenvalue weighted by atomic mass is 10.1. The largest absolute Gasteiger partial charge is 0.416 e. The molecule has 0 radical (unpaired) electrons. The lowest BCUT2D eigenvalue weighted by Gasteiger charge is -2.07. The summed E-state index contributed by atoms with van der Waals surface area (Å²) < 4.78 is 49.7. The average Bonchev–Trinajstić information content (AvgIpc) is 2.85. The van der Waals surface area contributed by atoms with E-state index in [2.05, 4.69) is 5.32 Å². The second-order valence-corrected chi connectivity index (χ2v) is 2.89. The molecule has 1 nitrogen and oxygen atoms in total. The van der Waals surface area contributed by atoms with Crippen LogP contribution in [0.4, 0.5) is 17.6 Å². The van der Waals surface area contributed by atoms with E-state index in [1.54, 1.807) is 0 Å². The third-order valence-electron chi connectivity index (χ3n) is 1.87. The van der Waals surface area contributed by atoms with Crippen molar-refractivity contribution in [3.05, 3.63) is 41.3 Å². The Bertz CT molecular complexity index is 406. The van der Waals surface area contributed by atoms with E-state index in [1.807, 2.05) is 0 Å². The molecule has 1 heterocycles. The molecule has 0 aromatic heterocycles. The number of hydrogen-bond acceptors (Lipinski definition) is 1. The first-order valence-corrected chi connectivity index (χ1v) is 3.82. The fourth-order valence-corrected chi connectivity index (χ4v) is 1.10. The Labute approximate surface area is 77.0 Å². The molecule has 1 aliphatic rings. The van der Waals surface area contributed by atoms with Crippen LogP contribution in [0.1, 0.15) is 11.1 Å². The quantitative estimate of drug-likeness (QED) is 0.696. The summed E-state index contributed by atoms with van der Waals surface area (Å²) in [5, 5.41) is 2.55. The van der Waals surface area contributed by atoms with Gasteiger partial charge in [0.2, 0.25) is 0 Å². The SMILES string of the molecule is Fc1ccc(C(F)(F)F)cc1C1=CN1. The molecule has 0 spiro atoms. The molecule has 1 N–H and O–H groups in total. The van der Waals surface area contributed by atoms with Crippen LogP contribution in [0.25, 0.3) is 5.70 Å². The number of benzene rings is 1. The highest BCUT2D eigenvalue weighted by molar-refractivity contribution is 5.74. The maximum atomic E-state index is 13.0. The van der Waals surface area contributed by atoms with Crippen molar-refractivity contribution >= 4 is 5.70 Å². The smallest absolute Gasteiger partial charge is 0.358 e. The third-order valence-corrected chi connectivity index (χ3v) is 1.87. The molecule has 1 aromatic carbocycles. The van der Waals surface area contributed by atoms with Gasteiger partial charge in [-0.15, -0.1) is 0 Å². The van der Waals surface area contributed by atoms with E-state index in [4.69, 9.17) is 0 Å². The fourth-order valence-electron chi connectivity index (χ4n) is 1.10. The minimum atomic E-state index is -4.43. The number of halogens is 4. The van der Waals surface area contributed by atoms with Gasteiger partial charge >= 0.3 is 6.18 Å². The van der Waals surface area contributed by atoms with Crippen LogP contribution in [0.2, 0.25) is 0 Å². The van der Waals surface area contributed by atoms with Crippen molar-refractivity contribution in [1.82, 2.24) is 5.32 Å². The number of hydrogen-bond donors (Lipinski definition) is 1. The number of alkyl halides is 3. The van der Waals surface area contributed by atoms with Gasteiger partial charge < -0.3 is 5.32 Å². The first kappa shape index (κ1) is 9.05. The highest BCUT2D eigenvalue weighted by Gasteiger charge is 2.31. The van der Waals surface area contributed by atoms with E-state index in [1.165, 1.54) is 6.20 Å². The molecule has 14 heavy (non-hydrogen) atoms. The molecule has 5 heteroatoms. The Kier molecular flexibility index (Phi) is 1.77. The first-order chi connectivity index (χ1) is 6.48. The zero-order chi connectivity index (χ0) is 10.3. The van der Waals surface area contributed by atoms with E-state index in [0.717, 1.165) is 18.2 Å². The fraction of sp³-hybridized carbons (Fsp3) is 0.111. The van der Waals surface area contributed by atoms with Gasteiger partial charge in [-0.2, -0.15) is 13.2 Å². The molecular formula is C9H5F4N. The molecule has 0 atom stereocenters. The topological polar surface area (TPSA) is 21.9 Å². The van der Waals surface area contributed by atoms with E-state index in [9.17, 15) is 17.6 Å². The summed E-state index contributed by atoms with van der Waals surface area (Å²) in [7, 11) is 0. The molecule has 2 rings (SSSR count). The molecule has 0 fully saturated rings. The first-order valence-electron chi connectivity index (χ1n) is 3.82. The summed E-state index contributed by atoms with van der Waals surface area (Å²) >= 11 is 0. The van der Waals surface area contributed by atoms with Gasteiger partial charge in [0.1, 0.15) is 5.82 Å². The molecule has 0 amide bonds. The van der Waals surface area contributed by atoms with Gasteiger partial charge in [0, 0.05) is 11.8 Å². The van der Waals surface area contributed by atoms with Gasteiger partial charge in [-0.25, -0.2) is 4.39 Å². The second-order valence-electron chi connectivity index (χ2n) is 2.89. The predicted molar refractivity (Wildman–Crippen MR) is 42.5 cm³/mol. The summed E-state index contributed by atoms with van der Waals surface area (Å²) in [6.45, 7) is 0. The van der Waals surface area contributed by atoms with Crippen LogP contribution in [-0.2, 0) is 6.18 Å². The van der Waals surface area contributed by atoms with Crippen LogP contribution in [0.3, 0.4) is 0 Å². The van der Waals surface area contributed by atoms with E-state index in [0.29, 0.717) is 5.70 Å². The lowest BCUT2D eigenvalue weighted by molar-refractivity contribution is -0.137. The summed E-state index contributed by atoms with van der Waals surface area (Å²) in [4.78, 5) is 0. The van der Waals surface area contributed by atoms with Crippen molar-refractivity contribution < 1.29 is 17.6 Å². The highest BCUT2D eigenvalue weighted by Crippen LogP contribution is 2.32. The van der Waals surface area contributed by atoms with Crippen molar-refractivity contribution in [2.24, 2.45) is 0 Å². The van der Waals surface area contributed by atoms with E-state index >= 15 is 0 Å². The Morgan fingerprint density at radius 1 is 1.14 bits per heavy atom. The van der Waals surface area contributed by atoms with E-state index < -0.39 is 17.6 Å². The van der Waals surface area contributed by atoms with Crippen molar-refractivity contribution in [1.29, 1.82) is 0 Å². The van der Waals surface area contributed by atoms with Crippen LogP contribution < -0.4 is 5.32 Å². The molecule has 0 bridgehead atoms. The number of nitrogens with one attached hydrogen (secondary N) is 1. The Hall–Kier alpha value is -1.52. The minimum absolute atomic E-state index is 0.0418. The average molecular weight is 203 g/mol. The van der Waals surface area contributed by atoms with Crippen LogP contribution in [0.15, 0.2) is 24.4 Å². The van der Waals surface area contributed by atoms with Crippen molar-refractivity contribution in [3.8, 4) is 0 Å². The summed E-state index contributed by atoms with van der Waals surface area (Å²) in [6.07, 6.45) is -2.99. The van der Waals surface area contributed by atoms with Crippen molar-refractivity contribution in [3.63, 3.8) is 0 Å². The van der Waals surface area contributed by atoms with Gasteiger partial charge in [0.05, 0.1) is 11.3 Å². The Morgan fingerprint density at radius 2 is 1.79 bits per heavy atom. The Morgan fingerprint density at radius 3 is 2.29 bits per heavy atom. The molecule has 0 unspecified atom stereocenters.